The Morgan fingerprint density at radius 2 is 1.89 bits per heavy atom. The Morgan fingerprint density at radius 1 is 1.08 bits per heavy atom. The summed E-state index contributed by atoms with van der Waals surface area (Å²) in [5.41, 5.74) is 6.18. The molecule has 2 aliphatic rings. The molecule has 0 aliphatic heterocycles. The average Bonchev–Trinajstić information content (AvgIpc) is 3.63. The zero-order valence-electron chi connectivity index (χ0n) is 20.9. The van der Waals surface area contributed by atoms with Crippen molar-refractivity contribution in [1.82, 2.24) is 25.1 Å². The molecular formula is C29H26FN5O2. The van der Waals surface area contributed by atoms with Crippen LogP contribution in [0.1, 0.15) is 54.6 Å². The van der Waals surface area contributed by atoms with E-state index in [9.17, 15) is 0 Å². The second-order valence-electron chi connectivity index (χ2n) is 10.5. The molecule has 3 atom stereocenters. The summed E-state index contributed by atoms with van der Waals surface area (Å²) in [6, 6.07) is 14.8. The van der Waals surface area contributed by atoms with Gasteiger partial charge >= 0.3 is 0 Å². The molecule has 0 spiro atoms. The van der Waals surface area contributed by atoms with Gasteiger partial charge in [0.2, 0.25) is 0 Å². The van der Waals surface area contributed by atoms with E-state index in [2.05, 4.69) is 29.1 Å². The van der Waals surface area contributed by atoms with E-state index in [-0.39, 0.29) is 17.2 Å². The molecule has 3 heterocycles. The van der Waals surface area contributed by atoms with Crippen LogP contribution in [0.5, 0.6) is 0 Å². The van der Waals surface area contributed by atoms with Gasteiger partial charge in [-0.1, -0.05) is 36.3 Å². The molecule has 0 bridgehead atoms. The predicted octanol–water partition coefficient (Wildman–Crippen LogP) is 6.20. The third-order valence-corrected chi connectivity index (χ3v) is 8.31. The molecule has 0 amide bonds. The van der Waals surface area contributed by atoms with E-state index in [0.29, 0.717) is 28.9 Å². The molecule has 7 rings (SSSR count). The van der Waals surface area contributed by atoms with E-state index in [1.807, 2.05) is 47.3 Å². The lowest BCUT2D eigenvalue weighted by Gasteiger charge is -2.47. The van der Waals surface area contributed by atoms with Gasteiger partial charge in [0.1, 0.15) is 11.6 Å². The summed E-state index contributed by atoms with van der Waals surface area (Å²) in [5, 5.41) is 13.1. The highest BCUT2D eigenvalue weighted by molar-refractivity contribution is 5.68. The summed E-state index contributed by atoms with van der Waals surface area (Å²) in [6.07, 6.45) is 4.46. The molecule has 7 nitrogen and oxygen atoms in total. The maximum absolute atomic E-state index is 15.1. The number of hydrogen-bond acceptors (Lipinski definition) is 6. The number of rotatable bonds is 3. The van der Waals surface area contributed by atoms with Crippen molar-refractivity contribution >= 4 is 0 Å². The summed E-state index contributed by atoms with van der Waals surface area (Å²) in [4.78, 5) is 4.34. The van der Waals surface area contributed by atoms with E-state index in [1.165, 1.54) is 6.07 Å². The molecule has 0 unspecified atom stereocenters. The first-order valence-corrected chi connectivity index (χ1v) is 12.7. The van der Waals surface area contributed by atoms with Crippen LogP contribution in [0.2, 0.25) is 0 Å². The van der Waals surface area contributed by atoms with Crippen LogP contribution in [0.15, 0.2) is 63.8 Å². The Labute approximate surface area is 213 Å². The van der Waals surface area contributed by atoms with Crippen LogP contribution >= 0.6 is 0 Å². The number of fused-ring (bicyclic) bond motifs is 4. The van der Waals surface area contributed by atoms with E-state index in [1.54, 1.807) is 13.0 Å². The van der Waals surface area contributed by atoms with Crippen LogP contribution in [-0.2, 0) is 18.3 Å². The summed E-state index contributed by atoms with van der Waals surface area (Å²) in [5.74, 6) is 2.38. The first-order valence-electron chi connectivity index (χ1n) is 12.7. The first-order chi connectivity index (χ1) is 17.9. The molecule has 0 saturated carbocycles. The Bertz CT molecular complexity index is 1630. The fourth-order valence-electron chi connectivity index (χ4n) is 6.66. The maximum atomic E-state index is 15.1. The number of halogens is 1. The van der Waals surface area contributed by atoms with Crippen molar-refractivity contribution in [3.05, 3.63) is 89.0 Å². The SMILES string of the molecule is Cc1noc(-c2ccc(-n3nc(-c4ccccc4F)c4c3[C@]3(C)Cc5cnoc5[C@H](C)[C@H]3CC4)cc2)n1. The standard InChI is InChI=1S/C29H26FN5O2/c1-16-23-13-12-22-25(21-6-4-5-7-24(21)30)33-35(27(22)29(23,3)14-19-15-31-36-26(16)19)20-10-8-18(9-11-20)28-32-17(2)34-37-28/h4-11,15-16,23H,12-14H2,1-3H3/t16-,23-,29-/m1/s1. The highest BCUT2D eigenvalue weighted by Gasteiger charge is 2.51. The maximum Gasteiger partial charge on any atom is 0.257 e. The second-order valence-corrected chi connectivity index (χ2v) is 10.5. The Balaban J connectivity index is 1.43. The quantitative estimate of drug-likeness (QED) is 0.296. The number of nitrogens with zero attached hydrogens (tertiary/aromatic N) is 5. The highest BCUT2D eigenvalue weighted by atomic mass is 19.1. The topological polar surface area (TPSA) is 82.8 Å². The van der Waals surface area contributed by atoms with Gasteiger partial charge < -0.3 is 9.05 Å². The number of aromatic nitrogens is 5. The van der Waals surface area contributed by atoms with Gasteiger partial charge in [0.15, 0.2) is 5.82 Å². The van der Waals surface area contributed by atoms with Crippen molar-refractivity contribution in [2.75, 3.05) is 0 Å². The van der Waals surface area contributed by atoms with Crippen molar-refractivity contribution in [1.29, 1.82) is 0 Å². The van der Waals surface area contributed by atoms with Gasteiger partial charge in [-0.15, -0.1) is 0 Å². The van der Waals surface area contributed by atoms with Crippen LogP contribution in [0.25, 0.3) is 28.4 Å². The lowest BCUT2D eigenvalue weighted by molar-refractivity contribution is 0.170. The van der Waals surface area contributed by atoms with Gasteiger partial charge in [-0.25, -0.2) is 9.07 Å². The molecule has 0 fully saturated rings. The fraction of sp³-hybridized carbons (Fsp3) is 0.310. The van der Waals surface area contributed by atoms with E-state index in [0.717, 1.165) is 53.1 Å². The van der Waals surface area contributed by atoms with Gasteiger partial charge in [-0.2, -0.15) is 10.1 Å². The van der Waals surface area contributed by atoms with Gasteiger partial charge in [-0.3, -0.25) is 0 Å². The van der Waals surface area contributed by atoms with Gasteiger partial charge in [-0.05, 0) is 68.5 Å². The van der Waals surface area contributed by atoms with E-state index < -0.39 is 0 Å². The lowest BCUT2D eigenvalue weighted by atomic mass is 9.56. The van der Waals surface area contributed by atoms with Crippen molar-refractivity contribution < 1.29 is 13.4 Å². The summed E-state index contributed by atoms with van der Waals surface area (Å²) in [6.45, 7) is 6.35. The second kappa shape index (κ2) is 7.96. The van der Waals surface area contributed by atoms with Crippen molar-refractivity contribution in [3.8, 4) is 28.4 Å². The summed E-state index contributed by atoms with van der Waals surface area (Å²) >= 11 is 0. The molecule has 5 aromatic rings. The molecule has 0 N–H and O–H groups in total. The largest absolute Gasteiger partial charge is 0.361 e. The molecule has 2 aliphatic carbocycles. The summed E-state index contributed by atoms with van der Waals surface area (Å²) in [7, 11) is 0. The molecule has 37 heavy (non-hydrogen) atoms. The van der Waals surface area contributed by atoms with Crippen LogP contribution in [0.3, 0.4) is 0 Å². The smallest absolute Gasteiger partial charge is 0.257 e. The van der Waals surface area contributed by atoms with Crippen molar-refractivity contribution in [3.63, 3.8) is 0 Å². The van der Waals surface area contributed by atoms with Gasteiger partial charge in [0.25, 0.3) is 5.89 Å². The van der Waals surface area contributed by atoms with E-state index >= 15 is 4.39 Å². The van der Waals surface area contributed by atoms with Gasteiger partial charge in [0.05, 0.1) is 23.3 Å². The van der Waals surface area contributed by atoms with Crippen LogP contribution in [0.4, 0.5) is 4.39 Å². The van der Waals surface area contributed by atoms with E-state index in [4.69, 9.17) is 14.1 Å². The summed E-state index contributed by atoms with van der Waals surface area (Å²) < 4.78 is 28.1. The van der Waals surface area contributed by atoms with Crippen molar-refractivity contribution in [2.24, 2.45) is 5.92 Å². The lowest BCUT2D eigenvalue weighted by Crippen LogP contribution is -2.45. The average molecular weight is 496 g/mol. The van der Waals surface area contributed by atoms with Crippen LogP contribution < -0.4 is 0 Å². The molecule has 0 radical (unpaired) electrons. The predicted molar refractivity (Wildman–Crippen MR) is 135 cm³/mol. The minimum absolute atomic E-state index is 0.218. The fourth-order valence-corrected chi connectivity index (χ4v) is 6.66. The molecular weight excluding hydrogens is 469 g/mol. The molecule has 0 saturated heterocycles. The minimum atomic E-state index is -0.261. The Hall–Kier alpha value is -4.07. The molecule has 2 aromatic carbocycles. The molecule has 186 valence electrons. The monoisotopic (exact) mass is 495 g/mol. The molecule has 8 heteroatoms. The Morgan fingerprint density at radius 3 is 2.65 bits per heavy atom. The highest BCUT2D eigenvalue weighted by Crippen LogP contribution is 2.55. The normalized spacial score (nSPS) is 22.4. The van der Waals surface area contributed by atoms with Crippen LogP contribution in [-0.4, -0.2) is 25.1 Å². The zero-order valence-corrected chi connectivity index (χ0v) is 20.9. The number of aryl methyl sites for hydroxylation is 1. The molecule has 3 aromatic heterocycles. The minimum Gasteiger partial charge on any atom is -0.361 e. The third-order valence-electron chi connectivity index (χ3n) is 8.31. The Kier molecular flexibility index (Phi) is 4.77. The first kappa shape index (κ1) is 22.2. The van der Waals surface area contributed by atoms with Gasteiger partial charge in [0, 0.05) is 33.6 Å². The number of hydrogen-bond donors (Lipinski definition) is 0. The van der Waals surface area contributed by atoms with Crippen molar-refractivity contribution in [2.45, 2.75) is 51.4 Å². The third kappa shape index (κ3) is 3.24. The number of benzene rings is 2. The zero-order chi connectivity index (χ0) is 25.3. The van der Waals surface area contributed by atoms with Crippen LogP contribution in [0, 0.1) is 18.7 Å².